The molecule has 2 aliphatic rings. The van der Waals surface area contributed by atoms with Crippen molar-refractivity contribution >= 4 is 6.03 Å². The van der Waals surface area contributed by atoms with Crippen LogP contribution >= 0.6 is 0 Å². The van der Waals surface area contributed by atoms with Gasteiger partial charge in [-0.1, -0.05) is 37.3 Å². The molecule has 0 bridgehead atoms. The van der Waals surface area contributed by atoms with Crippen LogP contribution in [-0.2, 0) is 0 Å². The molecule has 4 nitrogen and oxygen atoms in total. The van der Waals surface area contributed by atoms with Crippen molar-refractivity contribution in [2.24, 2.45) is 0 Å². The van der Waals surface area contributed by atoms with Gasteiger partial charge in [-0.25, -0.2) is 4.79 Å². The Kier molecular flexibility index (Phi) is 3.92. The number of carbonyl (C=O) groups is 1. The number of amides is 2. The van der Waals surface area contributed by atoms with Crippen LogP contribution in [0.15, 0.2) is 30.3 Å². The lowest BCUT2D eigenvalue weighted by Crippen LogP contribution is -2.52. The molecule has 0 saturated carbocycles. The Balaban J connectivity index is 1.49. The fourth-order valence-electron chi connectivity index (χ4n) is 3.20. The number of rotatable bonds is 4. The number of hydrogen-bond acceptors (Lipinski definition) is 2. The van der Waals surface area contributed by atoms with Crippen LogP contribution in [0.1, 0.15) is 24.8 Å². The minimum absolute atomic E-state index is 0.118. The van der Waals surface area contributed by atoms with Crippen LogP contribution in [0.3, 0.4) is 0 Å². The van der Waals surface area contributed by atoms with Gasteiger partial charge in [0.15, 0.2) is 0 Å². The molecule has 4 heteroatoms. The zero-order valence-corrected chi connectivity index (χ0v) is 12.1. The first kappa shape index (κ1) is 13.4. The zero-order valence-electron chi connectivity index (χ0n) is 12.1. The molecule has 1 N–H and O–H groups in total. The molecule has 2 saturated heterocycles. The van der Waals surface area contributed by atoms with E-state index in [-0.39, 0.29) is 6.03 Å². The van der Waals surface area contributed by atoms with Crippen LogP contribution in [0.25, 0.3) is 0 Å². The summed E-state index contributed by atoms with van der Waals surface area (Å²) in [4.78, 5) is 16.0. The predicted molar refractivity (Wildman–Crippen MR) is 79.8 cm³/mol. The van der Waals surface area contributed by atoms with Gasteiger partial charge in [-0.2, -0.15) is 0 Å². The van der Waals surface area contributed by atoms with Crippen LogP contribution < -0.4 is 5.32 Å². The first-order chi connectivity index (χ1) is 9.74. The number of nitrogens with zero attached hydrogens (tertiary/aromatic N) is 2. The topological polar surface area (TPSA) is 35.6 Å². The molecule has 0 radical (unpaired) electrons. The highest BCUT2D eigenvalue weighted by molar-refractivity contribution is 5.77. The largest absolute Gasteiger partial charge is 0.336 e. The second kappa shape index (κ2) is 5.83. The Bertz CT molecular complexity index is 462. The molecule has 1 aromatic carbocycles. The maximum Gasteiger partial charge on any atom is 0.317 e. The smallest absolute Gasteiger partial charge is 0.317 e. The number of benzene rings is 1. The van der Waals surface area contributed by atoms with Gasteiger partial charge in [-0.15, -0.1) is 0 Å². The maximum atomic E-state index is 11.6. The summed E-state index contributed by atoms with van der Waals surface area (Å²) in [6.07, 6.45) is 1.18. The van der Waals surface area contributed by atoms with E-state index in [0.717, 1.165) is 32.7 Å². The van der Waals surface area contributed by atoms with Crippen molar-refractivity contribution in [3.8, 4) is 0 Å². The molecule has 20 heavy (non-hydrogen) atoms. The number of fused-ring (bicyclic) bond motifs is 1. The number of hydrogen-bond donors (Lipinski definition) is 1. The first-order valence-electron chi connectivity index (χ1n) is 7.56. The van der Waals surface area contributed by atoms with Gasteiger partial charge in [-0.05, 0) is 24.4 Å². The van der Waals surface area contributed by atoms with E-state index in [1.165, 1.54) is 12.0 Å². The standard InChI is InChI=1S/C16H23N3O/c1-13(14-5-3-2-4-6-14)7-8-18-9-10-19-15(12-18)11-17-16(19)20/h2-6,13,15H,7-12H2,1H3,(H,17,20)/t13-,15+/m1/s1. The average Bonchev–Trinajstić information content (AvgIpc) is 2.87. The van der Waals surface area contributed by atoms with E-state index in [9.17, 15) is 4.79 Å². The zero-order chi connectivity index (χ0) is 13.9. The molecule has 2 amide bonds. The maximum absolute atomic E-state index is 11.6. The van der Waals surface area contributed by atoms with E-state index in [1.54, 1.807) is 0 Å². The van der Waals surface area contributed by atoms with E-state index in [0.29, 0.717) is 12.0 Å². The Morgan fingerprint density at radius 2 is 2.10 bits per heavy atom. The van der Waals surface area contributed by atoms with Crippen molar-refractivity contribution in [2.75, 3.05) is 32.7 Å². The lowest BCUT2D eigenvalue weighted by atomic mass is 9.97. The molecule has 108 valence electrons. The molecular formula is C16H23N3O. The Morgan fingerprint density at radius 1 is 1.30 bits per heavy atom. The van der Waals surface area contributed by atoms with Crippen molar-refractivity contribution in [1.29, 1.82) is 0 Å². The van der Waals surface area contributed by atoms with Gasteiger partial charge in [0.1, 0.15) is 0 Å². The normalized spacial score (nSPS) is 24.4. The highest BCUT2D eigenvalue weighted by Crippen LogP contribution is 2.20. The molecule has 2 atom stereocenters. The van der Waals surface area contributed by atoms with Crippen LogP contribution in [0.4, 0.5) is 4.79 Å². The van der Waals surface area contributed by atoms with E-state index in [4.69, 9.17) is 0 Å². The molecule has 0 aromatic heterocycles. The quantitative estimate of drug-likeness (QED) is 0.909. The van der Waals surface area contributed by atoms with Crippen molar-refractivity contribution in [1.82, 2.24) is 15.1 Å². The van der Waals surface area contributed by atoms with E-state index >= 15 is 0 Å². The molecule has 0 aliphatic carbocycles. The van der Waals surface area contributed by atoms with E-state index in [2.05, 4.69) is 47.5 Å². The summed E-state index contributed by atoms with van der Waals surface area (Å²) in [6.45, 7) is 7.12. The molecule has 3 rings (SSSR count). The fourth-order valence-corrected chi connectivity index (χ4v) is 3.20. The Hall–Kier alpha value is -1.55. The average molecular weight is 273 g/mol. The van der Waals surface area contributed by atoms with Crippen molar-refractivity contribution in [3.63, 3.8) is 0 Å². The summed E-state index contributed by atoms with van der Waals surface area (Å²) < 4.78 is 0. The SMILES string of the molecule is C[C@H](CCN1CCN2C(=O)NC[C@H]2C1)c1ccccc1. The third-order valence-electron chi connectivity index (χ3n) is 4.56. The Morgan fingerprint density at radius 3 is 2.90 bits per heavy atom. The van der Waals surface area contributed by atoms with Gasteiger partial charge in [0.25, 0.3) is 0 Å². The minimum atomic E-state index is 0.118. The molecule has 1 aromatic rings. The number of carbonyl (C=O) groups excluding carboxylic acids is 1. The van der Waals surface area contributed by atoms with Gasteiger partial charge in [0.2, 0.25) is 0 Å². The van der Waals surface area contributed by atoms with Crippen molar-refractivity contribution in [2.45, 2.75) is 25.3 Å². The first-order valence-corrected chi connectivity index (χ1v) is 7.56. The van der Waals surface area contributed by atoms with Gasteiger partial charge in [0, 0.05) is 26.2 Å². The van der Waals surface area contributed by atoms with Gasteiger partial charge < -0.3 is 10.2 Å². The predicted octanol–water partition coefficient (Wildman–Crippen LogP) is 1.89. The highest BCUT2D eigenvalue weighted by Gasteiger charge is 2.35. The number of piperazine rings is 1. The third-order valence-corrected chi connectivity index (χ3v) is 4.56. The van der Waals surface area contributed by atoms with Crippen LogP contribution in [0, 0.1) is 0 Å². The van der Waals surface area contributed by atoms with Crippen LogP contribution in [0.5, 0.6) is 0 Å². The second-order valence-electron chi connectivity index (χ2n) is 5.93. The van der Waals surface area contributed by atoms with Gasteiger partial charge in [-0.3, -0.25) is 4.90 Å². The summed E-state index contributed by atoms with van der Waals surface area (Å²) in [5.74, 6) is 0.595. The lowest BCUT2D eigenvalue weighted by Gasteiger charge is -2.36. The summed E-state index contributed by atoms with van der Waals surface area (Å²) in [5.41, 5.74) is 1.42. The summed E-state index contributed by atoms with van der Waals surface area (Å²) >= 11 is 0. The molecule has 0 spiro atoms. The van der Waals surface area contributed by atoms with E-state index in [1.807, 2.05) is 4.90 Å². The number of urea groups is 1. The third kappa shape index (κ3) is 2.80. The molecular weight excluding hydrogens is 250 g/mol. The van der Waals surface area contributed by atoms with Crippen molar-refractivity contribution < 1.29 is 4.79 Å². The molecule has 0 unspecified atom stereocenters. The summed E-state index contributed by atoms with van der Waals surface area (Å²) in [6, 6.07) is 11.2. The molecule has 2 heterocycles. The molecule has 2 fully saturated rings. The second-order valence-corrected chi connectivity index (χ2v) is 5.93. The fraction of sp³-hybridized carbons (Fsp3) is 0.562. The van der Waals surface area contributed by atoms with Crippen LogP contribution in [0.2, 0.25) is 0 Å². The Labute approximate surface area is 120 Å². The monoisotopic (exact) mass is 273 g/mol. The minimum Gasteiger partial charge on any atom is -0.336 e. The summed E-state index contributed by atoms with van der Waals surface area (Å²) in [5, 5.41) is 2.93. The summed E-state index contributed by atoms with van der Waals surface area (Å²) in [7, 11) is 0. The van der Waals surface area contributed by atoms with Gasteiger partial charge >= 0.3 is 6.03 Å². The van der Waals surface area contributed by atoms with Crippen LogP contribution in [-0.4, -0.2) is 54.6 Å². The highest BCUT2D eigenvalue weighted by atomic mass is 16.2. The lowest BCUT2D eigenvalue weighted by molar-refractivity contribution is 0.119. The number of nitrogens with one attached hydrogen (secondary N) is 1. The van der Waals surface area contributed by atoms with E-state index < -0.39 is 0 Å². The van der Waals surface area contributed by atoms with Crippen molar-refractivity contribution in [3.05, 3.63) is 35.9 Å². The molecule has 2 aliphatic heterocycles. The van der Waals surface area contributed by atoms with Gasteiger partial charge in [0.05, 0.1) is 6.04 Å².